The molecule has 0 heterocycles. The highest BCUT2D eigenvalue weighted by Crippen LogP contribution is 2.20. The SMILES string of the molecule is C#CCNC(CN)c1ccc(Br)cc1F. The molecule has 15 heavy (non-hydrogen) atoms. The topological polar surface area (TPSA) is 38.0 Å². The fraction of sp³-hybridized carbons (Fsp3) is 0.273. The second kappa shape index (κ2) is 5.86. The molecule has 0 aromatic heterocycles. The van der Waals surface area contributed by atoms with Gasteiger partial charge in [0, 0.05) is 22.6 Å². The van der Waals surface area contributed by atoms with Gasteiger partial charge in [-0.15, -0.1) is 6.42 Å². The number of nitrogens with one attached hydrogen (secondary N) is 1. The minimum absolute atomic E-state index is 0.242. The molecule has 1 aromatic rings. The van der Waals surface area contributed by atoms with Crippen LogP contribution in [0.25, 0.3) is 0 Å². The first kappa shape index (κ1) is 12.2. The fourth-order valence-electron chi connectivity index (χ4n) is 1.29. The van der Waals surface area contributed by atoms with E-state index in [4.69, 9.17) is 12.2 Å². The second-order valence-electron chi connectivity index (χ2n) is 3.04. The molecule has 0 fully saturated rings. The summed E-state index contributed by atoms with van der Waals surface area (Å²) >= 11 is 3.20. The van der Waals surface area contributed by atoms with Crippen molar-refractivity contribution in [1.82, 2.24) is 5.32 Å². The Hall–Kier alpha value is -0.890. The van der Waals surface area contributed by atoms with Crippen molar-refractivity contribution in [3.8, 4) is 12.3 Å². The first-order chi connectivity index (χ1) is 7.19. The van der Waals surface area contributed by atoms with E-state index in [1.54, 1.807) is 12.1 Å². The summed E-state index contributed by atoms with van der Waals surface area (Å²) in [6.45, 7) is 0.678. The Kier molecular flexibility index (Phi) is 4.76. The molecule has 80 valence electrons. The number of nitrogens with two attached hydrogens (primary N) is 1. The molecule has 0 bridgehead atoms. The van der Waals surface area contributed by atoms with Gasteiger partial charge in [-0.2, -0.15) is 0 Å². The van der Waals surface area contributed by atoms with Crippen molar-refractivity contribution < 1.29 is 4.39 Å². The molecule has 3 N–H and O–H groups in total. The molecule has 1 rings (SSSR count). The van der Waals surface area contributed by atoms with Crippen molar-refractivity contribution in [1.29, 1.82) is 0 Å². The minimum atomic E-state index is -0.288. The molecule has 1 unspecified atom stereocenters. The fourth-order valence-corrected chi connectivity index (χ4v) is 1.62. The molecule has 1 atom stereocenters. The zero-order valence-corrected chi connectivity index (χ0v) is 9.72. The molecule has 4 heteroatoms. The zero-order valence-electron chi connectivity index (χ0n) is 8.13. The Morgan fingerprint density at radius 2 is 2.33 bits per heavy atom. The molecule has 1 aromatic carbocycles. The molecule has 0 saturated heterocycles. The van der Waals surface area contributed by atoms with Gasteiger partial charge in [0.05, 0.1) is 6.54 Å². The predicted octanol–water partition coefficient (Wildman–Crippen LogP) is 1.81. The van der Waals surface area contributed by atoms with Crippen molar-refractivity contribution in [3.05, 3.63) is 34.1 Å². The van der Waals surface area contributed by atoms with Crippen molar-refractivity contribution in [3.63, 3.8) is 0 Å². The van der Waals surface area contributed by atoms with Gasteiger partial charge < -0.3 is 5.73 Å². The van der Waals surface area contributed by atoms with E-state index >= 15 is 0 Å². The Labute approximate surface area is 97.2 Å². The van der Waals surface area contributed by atoms with E-state index in [9.17, 15) is 4.39 Å². The molecule has 0 radical (unpaired) electrons. The van der Waals surface area contributed by atoms with Gasteiger partial charge in [-0.05, 0) is 12.1 Å². The van der Waals surface area contributed by atoms with Gasteiger partial charge in [0.25, 0.3) is 0 Å². The summed E-state index contributed by atoms with van der Waals surface area (Å²) in [6.07, 6.45) is 5.12. The van der Waals surface area contributed by atoms with Crippen LogP contribution in [0.4, 0.5) is 4.39 Å². The molecular weight excluding hydrogens is 259 g/mol. The van der Waals surface area contributed by atoms with Crippen LogP contribution in [0.2, 0.25) is 0 Å². The van der Waals surface area contributed by atoms with Crippen LogP contribution in [0, 0.1) is 18.2 Å². The Morgan fingerprint density at radius 3 is 2.87 bits per heavy atom. The summed E-state index contributed by atoms with van der Waals surface area (Å²) < 4.78 is 14.2. The maximum atomic E-state index is 13.5. The van der Waals surface area contributed by atoms with Gasteiger partial charge >= 0.3 is 0 Å². The number of hydrogen-bond donors (Lipinski definition) is 2. The minimum Gasteiger partial charge on any atom is -0.329 e. The Balaban J connectivity index is 2.87. The zero-order chi connectivity index (χ0) is 11.3. The van der Waals surface area contributed by atoms with Crippen LogP contribution >= 0.6 is 15.9 Å². The van der Waals surface area contributed by atoms with E-state index in [0.29, 0.717) is 23.1 Å². The summed E-state index contributed by atoms with van der Waals surface area (Å²) in [5.74, 6) is 2.15. The highest BCUT2D eigenvalue weighted by molar-refractivity contribution is 9.10. The summed E-state index contributed by atoms with van der Waals surface area (Å²) in [5.41, 5.74) is 6.08. The largest absolute Gasteiger partial charge is 0.329 e. The van der Waals surface area contributed by atoms with Crippen LogP contribution in [0.15, 0.2) is 22.7 Å². The van der Waals surface area contributed by atoms with E-state index < -0.39 is 0 Å². The maximum absolute atomic E-state index is 13.5. The highest BCUT2D eigenvalue weighted by atomic mass is 79.9. The molecule has 2 nitrogen and oxygen atoms in total. The first-order valence-corrected chi connectivity index (χ1v) is 5.30. The van der Waals surface area contributed by atoms with Gasteiger partial charge in [-0.1, -0.05) is 27.9 Å². The van der Waals surface area contributed by atoms with E-state index in [1.165, 1.54) is 6.07 Å². The average Bonchev–Trinajstić information content (AvgIpc) is 2.21. The summed E-state index contributed by atoms with van der Waals surface area (Å²) in [7, 11) is 0. The van der Waals surface area contributed by atoms with Gasteiger partial charge in [-0.3, -0.25) is 5.32 Å². The number of terminal acetylenes is 1. The van der Waals surface area contributed by atoms with Crippen LogP contribution in [0.3, 0.4) is 0 Å². The molecule has 0 spiro atoms. The third-order valence-electron chi connectivity index (χ3n) is 2.02. The summed E-state index contributed by atoms with van der Waals surface area (Å²) in [4.78, 5) is 0. The quantitative estimate of drug-likeness (QED) is 0.820. The van der Waals surface area contributed by atoms with E-state index in [-0.39, 0.29) is 11.9 Å². The average molecular weight is 271 g/mol. The maximum Gasteiger partial charge on any atom is 0.129 e. The van der Waals surface area contributed by atoms with Gasteiger partial charge in [0.2, 0.25) is 0 Å². The van der Waals surface area contributed by atoms with Crippen LogP contribution in [0.1, 0.15) is 11.6 Å². The standard InChI is InChI=1S/C11H12BrFN2/c1-2-5-15-11(7-14)9-4-3-8(12)6-10(9)13/h1,3-4,6,11,15H,5,7,14H2. The van der Waals surface area contributed by atoms with Crippen LogP contribution in [-0.2, 0) is 0 Å². The molecular formula is C11H12BrFN2. The lowest BCUT2D eigenvalue weighted by Crippen LogP contribution is -2.29. The van der Waals surface area contributed by atoms with E-state index in [1.807, 2.05) is 0 Å². The molecule has 0 saturated carbocycles. The van der Waals surface area contributed by atoms with Crippen LogP contribution < -0.4 is 11.1 Å². The summed E-state index contributed by atoms with van der Waals surface area (Å²) in [6, 6.07) is 4.64. The number of halogens is 2. The van der Waals surface area contributed by atoms with Crippen molar-refractivity contribution in [2.75, 3.05) is 13.1 Å². The van der Waals surface area contributed by atoms with Crippen LogP contribution in [-0.4, -0.2) is 13.1 Å². The summed E-state index contributed by atoms with van der Waals surface area (Å²) in [5, 5.41) is 2.98. The van der Waals surface area contributed by atoms with E-state index in [0.717, 1.165) is 0 Å². The Morgan fingerprint density at radius 1 is 1.60 bits per heavy atom. The normalized spacial score (nSPS) is 12.1. The smallest absolute Gasteiger partial charge is 0.129 e. The van der Waals surface area contributed by atoms with Crippen LogP contribution in [0.5, 0.6) is 0 Å². The van der Waals surface area contributed by atoms with Crippen molar-refractivity contribution in [2.24, 2.45) is 5.73 Å². The highest BCUT2D eigenvalue weighted by Gasteiger charge is 2.13. The van der Waals surface area contributed by atoms with E-state index in [2.05, 4.69) is 27.2 Å². The third kappa shape index (κ3) is 3.31. The molecule has 0 aliphatic carbocycles. The number of hydrogen-bond acceptors (Lipinski definition) is 2. The third-order valence-corrected chi connectivity index (χ3v) is 2.52. The van der Waals surface area contributed by atoms with Gasteiger partial charge in [0.1, 0.15) is 5.82 Å². The molecule has 0 aliphatic heterocycles. The lowest BCUT2D eigenvalue weighted by atomic mass is 10.1. The number of benzene rings is 1. The lowest BCUT2D eigenvalue weighted by molar-refractivity contribution is 0.530. The predicted molar refractivity (Wildman–Crippen MR) is 62.7 cm³/mol. The van der Waals surface area contributed by atoms with Gasteiger partial charge in [0.15, 0.2) is 0 Å². The lowest BCUT2D eigenvalue weighted by Gasteiger charge is -2.16. The second-order valence-corrected chi connectivity index (χ2v) is 3.95. The molecule has 0 amide bonds. The van der Waals surface area contributed by atoms with Crippen molar-refractivity contribution >= 4 is 15.9 Å². The molecule has 0 aliphatic rings. The van der Waals surface area contributed by atoms with Crippen molar-refractivity contribution in [2.45, 2.75) is 6.04 Å². The number of rotatable bonds is 4. The monoisotopic (exact) mass is 270 g/mol. The van der Waals surface area contributed by atoms with Gasteiger partial charge in [-0.25, -0.2) is 4.39 Å². The first-order valence-electron chi connectivity index (χ1n) is 4.51. The Bertz CT molecular complexity index is 373.